The van der Waals surface area contributed by atoms with Crippen LogP contribution in [0.2, 0.25) is 0 Å². The van der Waals surface area contributed by atoms with Crippen molar-refractivity contribution in [3.63, 3.8) is 0 Å². The van der Waals surface area contributed by atoms with Crippen molar-refractivity contribution in [1.82, 2.24) is 4.31 Å². The number of nitrogens with zero attached hydrogens (tertiary/aromatic N) is 1. The van der Waals surface area contributed by atoms with Crippen molar-refractivity contribution in [3.8, 4) is 0 Å². The van der Waals surface area contributed by atoms with Gasteiger partial charge in [-0.1, -0.05) is 20.3 Å². The third-order valence-corrected chi connectivity index (χ3v) is 6.28. The Balaban J connectivity index is 3.21. The zero-order valence-electron chi connectivity index (χ0n) is 15.7. The molecular weight excluding hydrogens is 393 g/mol. The number of anilines is 1. The average Bonchev–Trinajstić information content (AvgIpc) is 2.55. The Kier molecular flexibility index (Phi) is 9.36. The van der Waals surface area contributed by atoms with Gasteiger partial charge in [0.2, 0.25) is 10.0 Å². The van der Waals surface area contributed by atoms with Crippen LogP contribution < -0.4 is 11.5 Å². The number of nitrogen functional groups attached to an aromatic ring is 1. The van der Waals surface area contributed by atoms with Crippen LogP contribution in [0.1, 0.15) is 33.1 Å². The molecule has 0 aliphatic rings. The lowest BCUT2D eigenvalue weighted by atomic mass is 10.1. The van der Waals surface area contributed by atoms with Crippen molar-refractivity contribution in [1.29, 1.82) is 0 Å². The molecule has 0 aliphatic heterocycles. The monoisotopic (exact) mass is 423 g/mol. The Labute approximate surface area is 161 Å². The predicted octanol–water partition coefficient (Wildman–Crippen LogP) is 1.52. The van der Waals surface area contributed by atoms with E-state index in [1.165, 1.54) is 28.6 Å². The molecule has 0 spiro atoms. The molecule has 0 radical (unpaired) electrons. The van der Waals surface area contributed by atoms with Gasteiger partial charge in [-0.05, 0) is 49.6 Å². The maximum absolute atomic E-state index is 13.2. The molecule has 0 saturated carbocycles. The van der Waals surface area contributed by atoms with Gasteiger partial charge in [0.15, 0.2) is 0 Å². The molecule has 9 nitrogen and oxygen atoms in total. The smallest absolute Gasteiger partial charge is 0.399 e. The van der Waals surface area contributed by atoms with Crippen LogP contribution in [-0.2, 0) is 19.1 Å². The van der Waals surface area contributed by atoms with E-state index in [-0.39, 0.29) is 17.4 Å². The lowest BCUT2D eigenvalue weighted by Gasteiger charge is -2.32. The SMILES string of the molecule is CC(C)CN(C(CCCCN)COP(=O)(O)O)S(=O)(=O)c1ccc(N)cc1. The minimum absolute atomic E-state index is 0.000577. The molecular formula is C16H30N3O6PS. The summed E-state index contributed by atoms with van der Waals surface area (Å²) in [6.45, 7) is 3.96. The number of hydrogen-bond donors (Lipinski definition) is 4. The molecule has 156 valence electrons. The van der Waals surface area contributed by atoms with Crippen molar-refractivity contribution in [2.45, 2.75) is 44.0 Å². The molecule has 0 saturated heterocycles. The van der Waals surface area contributed by atoms with Crippen molar-refractivity contribution in [2.75, 3.05) is 25.4 Å². The van der Waals surface area contributed by atoms with Gasteiger partial charge in [0.25, 0.3) is 0 Å². The third-order valence-electron chi connectivity index (χ3n) is 3.87. The molecule has 0 fully saturated rings. The van der Waals surface area contributed by atoms with Crippen LogP contribution in [0.25, 0.3) is 0 Å². The molecule has 0 amide bonds. The molecule has 6 N–H and O–H groups in total. The number of nitrogens with two attached hydrogens (primary N) is 2. The highest BCUT2D eigenvalue weighted by molar-refractivity contribution is 7.89. The van der Waals surface area contributed by atoms with Crippen LogP contribution in [0, 0.1) is 5.92 Å². The van der Waals surface area contributed by atoms with E-state index in [1.54, 1.807) is 0 Å². The fourth-order valence-corrected chi connectivity index (χ4v) is 4.77. The van der Waals surface area contributed by atoms with Crippen LogP contribution in [0.5, 0.6) is 0 Å². The van der Waals surface area contributed by atoms with E-state index in [9.17, 15) is 13.0 Å². The van der Waals surface area contributed by atoms with Crippen LogP contribution in [-0.4, -0.2) is 48.2 Å². The minimum Gasteiger partial charge on any atom is -0.399 e. The quantitative estimate of drug-likeness (QED) is 0.224. The number of rotatable bonds is 12. The Morgan fingerprint density at radius 1 is 1.19 bits per heavy atom. The highest BCUT2D eigenvalue weighted by Crippen LogP contribution is 2.37. The first-order valence-corrected chi connectivity index (χ1v) is 11.7. The largest absolute Gasteiger partial charge is 0.469 e. The lowest BCUT2D eigenvalue weighted by molar-refractivity contribution is 0.140. The molecule has 1 rings (SSSR count). The number of phosphoric acid groups is 1. The Hall–Kier alpha value is -1.00. The van der Waals surface area contributed by atoms with Gasteiger partial charge >= 0.3 is 7.82 Å². The average molecular weight is 423 g/mol. The fourth-order valence-electron chi connectivity index (χ4n) is 2.60. The maximum Gasteiger partial charge on any atom is 0.469 e. The minimum atomic E-state index is -4.73. The summed E-state index contributed by atoms with van der Waals surface area (Å²) in [7, 11) is -8.63. The standard InChI is InChI=1S/C16H30N3O6PS/c1-13(2)11-19(27(23,24)16-8-6-14(18)7-9-16)15(5-3-4-10-17)12-25-26(20,21)22/h6-9,13,15H,3-5,10-12,17-18H2,1-2H3,(H2,20,21,22). The highest BCUT2D eigenvalue weighted by Gasteiger charge is 2.33. The summed E-state index contributed by atoms with van der Waals surface area (Å²) < 4.78 is 43.4. The highest BCUT2D eigenvalue weighted by atomic mass is 32.2. The van der Waals surface area contributed by atoms with Crippen LogP contribution in [0.15, 0.2) is 29.2 Å². The van der Waals surface area contributed by atoms with Gasteiger partial charge < -0.3 is 21.3 Å². The number of hydrogen-bond acceptors (Lipinski definition) is 6. The summed E-state index contributed by atoms with van der Waals surface area (Å²) in [6.07, 6.45) is 1.65. The normalized spacial score (nSPS) is 14.0. The lowest BCUT2D eigenvalue weighted by Crippen LogP contribution is -2.44. The van der Waals surface area contributed by atoms with Gasteiger partial charge in [-0.3, -0.25) is 4.52 Å². The molecule has 0 aliphatic carbocycles. The predicted molar refractivity (Wildman–Crippen MR) is 104 cm³/mol. The van der Waals surface area contributed by atoms with E-state index in [4.69, 9.17) is 21.3 Å². The molecule has 0 aromatic heterocycles. The van der Waals surface area contributed by atoms with Gasteiger partial charge in [-0.15, -0.1) is 0 Å². The van der Waals surface area contributed by atoms with Gasteiger partial charge in [0.05, 0.1) is 11.5 Å². The molecule has 1 unspecified atom stereocenters. The second-order valence-corrected chi connectivity index (χ2v) is 9.89. The Morgan fingerprint density at radius 3 is 2.26 bits per heavy atom. The summed E-state index contributed by atoms with van der Waals surface area (Å²) in [5.74, 6) is 0.000577. The van der Waals surface area contributed by atoms with E-state index < -0.39 is 30.5 Å². The summed E-state index contributed by atoms with van der Waals surface area (Å²) in [4.78, 5) is 18.1. The van der Waals surface area contributed by atoms with Crippen LogP contribution >= 0.6 is 7.82 Å². The van der Waals surface area contributed by atoms with Crippen LogP contribution in [0.4, 0.5) is 5.69 Å². The van der Waals surface area contributed by atoms with Gasteiger partial charge in [-0.25, -0.2) is 13.0 Å². The van der Waals surface area contributed by atoms with Crippen molar-refractivity contribution < 1.29 is 27.3 Å². The van der Waals surface area contributed by atoms with Crippen LogP contribution in [0.3, 0.4) is 0 Å². The first-order valence-electron chi connectivity index (χ1n) is 8.75. The van der Waals surface area contributed by atoms with Gasteiger partial charge in [0.1, 0.15) is 0 Å². The molecule has 1 aromatic carbocycles. The Bertz CT molecular complexity index is 720. The summed E-state index contributed by atoms with van der Waals surface area (Å²) >= 11 is 0. The number of unbranched alkanes of at least 4 members (excludes halogenated alkanes) is 1. The summed E-state index contributed by atoms with van der Waals surface area (Å²) in [5.41, 5.74) is 11.6. The number of benzene rings is 1. The summed E-state index contributed by atoms with van der Waals surface area (Å²) in [6, 6.07) is 5.10. The van der Waals surface area contributed by atoms with Crippen molar-refractivity contribution in [3.05, 3.63) is 24.3 Å². The molecule has 0 heterocycles. The van der Waals surface area contributed by atoms with E-state index in [1.807, 2.05) is 13.8 Å². The Morgan fingerprint density at radius 2 is 1.78 bits per heavy atom. The van der Waals surface area contributed by atoms with Gasteiger partial charge in [-0.2, -0.15) is 4.31 Å². The molecule has 11 heteroatoms. The molecule has 0 bridgehead atoms. The third kappa shape index (κ3) is 8.27. The molecule has 27 heavy (non-hydrogen) atoms. The second kappa shape index (κ2) is 10.5. The topological polar surface area (TPSA) is 156 Å². The zero-order valence-corrected chi connectivity index (χ0v) is 17.4. The summed E-state index contributed by atoms with van der Waals surface area (Å²) in [5, 5.41) is 0. The van der Waals surface area contributed by atoms with E-state index in [0.717, 1.165) is 0 Å². The maximum atomic E-state index is 13.2. The number of sulfonamides is 1. The second-order valence-electron chi connectivity index (χ2n) is 6.76. The fraction of sp³-hybridized carbons (Fsp3) is 0.625. The van der Waals surface area contributed by atoms with Crippen molar-refractivity contribution in [2.24, 2.45) is 11.7 Å². The van der Waals surface area contributed by atoms with E-state index in [2.05, 4.69) is 4.52 Å². The van der Waals surface area contributed by atoms with E-state index in [0.29, 0.717) is 31.5 Å². The van der Waals surface area contributed by atoms with Crippen molar-refractivity contribution >= 4 is 23.5 Å². The van der Waals surface area contributed by atoms with Gasteiger partial charge in [0, 0.05) is 18.3 Å². The first kappa shape index (κ1) is 24.0. The van der Waals surface area contributed by atoms with E-state index >= 15 is 0 Å². The first-order chi connectivity index (χ1) is 12.5. The number of phosphoric ester groups is 1. The molecule has 1 atom stereocenters. The molecule has 1 aromatic rings. The zero-order chi connectivity index (χ0) is 20.7.